The second-order valence-corrected chi connectivity index (χ2v) is 7.32. The lowest BCUT2D eigenvalue weighted by atomic mass is 10.1. The lowest BCUT2D eigenvalue weighted by Crippen LogP contribution is -2.36. The minimum atomic E-state index is -4.43. The van der Waals surface area contributed by atoms with Gasteiger partial charge in [-0.1, -0.05) is 0 Å². The third kappa shape index (κ3) is 4.21. The summed E-state index contributed by atoms with van der Waals surface area (Å²) in [5, 5.41) is 11.6. The average Bonchev–Trinajstić information content (AvgIpc) is 3.01. The van der Waals surface area contributed by atoms with Gasteiger partial charge in [0.1, 0.15) is 4.34 Å². The third-order valence-electron chi connectivity index (χ3n) is 3.76. The standard InChI is InChI=1S/C18H14F3N5S2/c1-2-23-16(24-10-22)26(12-5-3-11(4-6-12)18(19,20)21)13-7-8-14-15(9-13)28-17(27)25-14/h3-9H,2H2,1H3,(H,23,24)(H,25,27). The van der Waals surface area contributed by atoms with Crippen LogP contribution in [0.4, 0.5) is 24.5 Å². The number of halogens is 3. The smallest absolute Gasteiger partial charge is 0.280 e. The Balaban J connectivity index is 2.13. The van der Waals surface area contributed by atoms with Crippen LogP contribution in [0.25, 0.3) is 10.2 Å². The Kier molecular flexibility index (Phi) is 5.76. The van der Waals surface area contributed by atoms with Crippen LogP contribution in [0.15, 0.2) is 51.8 Å². The maximum Gasteiger partial charge on any atom is 0.416 e. The Morgan fingerprint density at radius 3 is 2.54 bits per heavy atom. The summed E-state index contributed by atoms with van der Waals surface area (Å²) < 4.78 is 40.2. The number of hydrogen-bond acceptors (Lipinski definition) is 5. The fourth-order valence-corrected chi connectivity index (χ4v) is 3.74. The Bertz CT molecular complexity index is 1050. The number of benzene rings is 2. The summed E-state index contributed by atoms with van der Waals surface area (Å²) in [6, 6.07) is 10.0. The molecule has 3 rings (SSSR count). The summed E-state index contributed by atoms with van der Waals surface area (Å²) >= 11 is 5.63. The Morgan fingerprint density at radius 2 is 1.93 bits per heavy atom. The van der Waals surface area contributed by atoms with Gasteiger partial charge in [-0.05, 0) is 49.4 Å². The highest BCUT2D eigenvalue weighted by Crippen LogP contribution is 2.34. The number of thiol groups is 1. The fourth-order valence-electron chi connectivity index (χ4n) is 2.60. The average molecular weight is 421 g/mol. The zero-order valence-corrected chi connectivity index (χ0v) is 16.2. The van der Waals surface area contributed by atoms with Gasteiger partial charge in [0, 0.05) is 12.2 Å². The van der Waals surface area contributed by atoms with Crippen LogP contribution in [0, 0.1) is 11.5 Å². The van der Waals surface area contributed by atoms with Crippen LogP contribution in [-0.4, -0.2) is 17.5 Å². The van der Waals surface area contributed by atoms with Crippen molar-refractivity contribution < 1.29 is 13.2 Å². The lowest BCUT2D eigenvalue weighted by molar-refractivity contribution is -0.137. The molecule has 2 aromatic carbocycles. The summed E-state index contributed by atoms with van der Waals surface area (Å²) in [4.78, 5) is 10.2. The van der Waals surface area contributed by atoms with E-state index in [0.29, 0.717) is 22.3 Å². The van der Waals surface area contributed by atoms with E-state index in [4.69, 9.17) is 5.26 Å². The van der Waals surface area contributed by atoms with Crippen LogP contribution in [-0.2, 0) is 6.18 Å². The highest BCUT2D eigenvalue weighted by Gasteiger charge is 2.30. The van der Waals surface area contributed by atoms with Gasteiger partial charge in [-0.15, -0.1) is 24.0 Å². The number of thiazole rings is 1. The number of aliphatic imine (C=N–C) groups is 1. The van der Waals surface area contributed by atoms with Crippen molar-refractivity contribution >= 4 is 51.5 Å². The Labute approximate surface area is 168 Å². The van der Waals surface area contributed by atoms with E-state index in [9.17, 15) is 13.2 Å². The van der Waals surface area contributed by atoms with Crippen molar-refractivity contribution in [1.29, 1.82) is 5.26 Å². The van der Waals surface area contributed by atoms with Crippen molar-refractivity contribution in [2.75, 3.05) is 11.4 Å². The van der Waals surface area contributed by atoms with E-state index in [0.717, 1.165) is 22.3 Å². The number of alkyl halides is 3. The molecule has 0 unspecified atom stereocenters. The van der Waals surface area contributed by atoms with Crippen LogP contribution < -0.4 is 10.2 Å². The second-order valence-electron chi connectivity index (χ2n) is 5.56. The predicted molar refractivity (Wildman–Crippen MR) is 107 cm³/mol. The summed E-state index contributed by atoms with van der Waals surface area (Å²) in [7, 11) is 0. The number of fused-ring (bicyclic) bond motifs is 1. The number of guanidine groups is 1. The van der Waals surface area contributed by atoms with Gasteiger partial charge in [-0.25, -0.2) is 4.98 Å². The van der Waals surface area contributed by atoms with Gasteiger partial charge in [0.05, 0.1) is 21.5 Å². The number of hydrogen-bond donors (Lipinski definition) is 2. The van der Waals surface area contributed by atoms with Crippen molar-refractivity contribution in [1.82, 2.24) is 10.3 Å². The first-order valence-electron chi connectivity index (χ1n) is 8.10. The summed E-state index contributed by atoms with van der Waals surface area (Å²) in [5.74, 6) is 0.208. The number of nitrogens with zero attached hydrogens (tertiary/aromatic N) is 4. The number of anilines is 2. The molecule has 0 spiro atoms. The minimum Gasteiger partial charge on any atom is -0.280 e. The van der Waals surface area contributed by atoms with E-state index >= 15 is 0 Å². The molecule has 28 heavy (non-hydrogen) atoms. The molecule has 144 valence electrons. The lowest BCUT2D eigenvalue weighted by Gasteiger charge is -2.25. The quantitative estimate of drug-likeness (QED) is 0.201. The van der Waals surface area contributed by atoms with Crippen molar-refractivity contribution in [2.24, 2.45) is 4.99 Å². The predicted octanol–water partition coefficient (Wildman–Crippen LogP) is 5.19. The molecule has 5 nitrogen and oxygen atoms in total. The molecule has 0 aliphatic heterocycles. The van der Waals surface area contributed by atoms with E-state index in [1.54, 1.807) is 24.0 Å². The van der Waals surface area contributed by atoms with Crippen LogP contribution in [0.2, 0.25) is 0 Å². The van der Waals surface area contributed by atoms with Crippen LogP contribution >= 0.6 is 24.0 Å². The van der Waals surface area contributed by atoms with Gasteiger partial charge in [0.25, 0.3) is 0 Å². The minimum absolute atomic E-state index is 0.208. The largest absolute Gasteiger partial charge is 0.416 e. The van der Waals surface area contributed by atoms with E-state index < -0.39 is 11.7 Å². The third-order valence-corrected chi connectivity index (χ3v) is 4.95. The molecular formula is C18H14F3N5S2. The summed E-state index contributed by atoms with van der Waals surface area (Å²) in [6.45, 7) is 2.17. The first kappa shape index (κ1) is 20.0. The SMILES string of the molecule is CCN=C(NC#N)N(c1ccc(C(F)(F)F)cc1)c1ccc2nc(S)sc2c1. The molecule has 0 saturated heterocycles. The number of nitrogens with one attached hydrogen (secondary N) is 1. The Hall–Kier alpha value is -2.77. The van der Waals surface area contributed by atoms with Crippen LogP contribution in [0.3, 0.4) is 0 Å². The van der Waals surface area contributed by atoms with Crippen LogP contribution in [0.5, 0.6) is 0 Å². The molecule has 1 N–H and O–H groups in total. The van der Waals surface area contributed by atoms with E-state index in [1.807, 2.05) is 12.3 Å². The van der Waals surface area contributed by atoms with Crippen molar-refractivity contribution in [2.45, 2.75) is 17.4 Å². The van der Waals surface area contributed by atoms with Gasteiger partial charge in [0.15, 0.2) is 6.19 Å². The molecule has 0 atom stereocenters. The Morgan fingerprint density at radius 1 is 1.25 bits per heavy atom. The maximum absolute atomic E-state index is 12.9. The summed E-state index contributed by atoms with van der Waals surface area (Å²) in [6.07, 6.45) is -2.61. The van der Waals surface area contributed by atoms with Crippen molar-refractivity contribution in [3.63, 3.8) is 0 Å². The molecule has 10 heteroatoms. The molecule has 1 aromatic heterocycles. The molecule has 0 bridgehead atoms. The number of nitriles is 1. The van der Waals surface area contributed by atoms with Gasteiger partial charge in [0.2, 0.25) is 5.96 Å². The molecule has 0 aliphatic carbocycles. The molecular weight excluding hydrogens is 407 g/mol. The first-order chi connectivity index (χ1) is 13.3. The zero-order chi connectivity index (χ0) is 20.3. The van der Waals surface area contributed by atoms with E-state index in [-0.39, 0.29) is 5.96 Å². The summed E-state index contributed by atoms with van der Waals surface area (Å²) in [5.41, 5.74) is 1.06. The van der Waals surface area contributed by atoms with Crippen LogP contribution in [0.1, 0.15) is 12.5 Å². The highest BCUT2D eigenvalue weighted by molar-refractivity contribution is 7.82. The monoisotopic (exact) mass is 421 g/mol. The van der Waals surface area contributed by atoms with E-state index in [2.05, 4.69) is 27.9 Å². The number of aromatic nitrogens is 1. The maximum atomic E-state index is 12.9. The second kappa shape index (κ2) is 8.08. The molecule has 0 fully saturated rings. The molecule has 0 aliphatic rings. The number of rotatable bonds is 3. The zero-order valence-electron chi connectivity index (χ0n) is 14.5. The first-order valence-corrected chi connectivity index (χ1v) is 9.36. The van der Waals surface area contributed by atoms with Crippen molar-refractivity contribution in [3.05, 3.63) is 48.0 Å². The topological polar surface area (TPSA) is 64.3 Å². The normalized spacial score (nSPS) is 12.1. The van der Waals surface area contributed by atoms with Crippen molar-refractivity contribution in [3.8, 4) is 6.19 Å². The molecule has 0 saturated carbocycles. The highest BCUT2D eigenvalue weighted by atomic mass is 32.2. The fraction of sp³-hybridized carbons (Fsp3) is 0.167. The molecule has 3 aromatic rings. The molecule has 0 amide bonds. The van der Waals surface area contributed by atoms with Gasteiger partial charge in [-0.2, -0.15) is 18.4 Å². The van der Waals surface area contributed by atoms with E-state index in [1.165, 1.54) is 23.5 Å². The van der Waals surface area contributed by atoms with Gasteiger partial charge < -0.3 is 0 Å². The van der Waals surface area contributed by atoms with Gasteiger partial charge >= 0.3 is 6.18 Å². The molecule has 1 heterocycles. The van der Waals surface area contributed by atoms with Gasteiger partial charge in [-0.3, -0.25) is 15.2 Å². The molecule has 0 radical (unpaired) electrons.